The number of benzene rings is 2. The molecule has 0 N–H and O–H groups in total. The van der Waals surface area contributed by atoms with Crippen molar-refractivity contribution in [2.75, 3.05) is 25.7 Å². The monoisotopic (exact) mass is 364 g/mol. The lowest BCUT2D eigenvalue weighted by molar-refractivity contribution is -0.121. The lowest BCUT2D eigenvalue weighted by Crippen LogP contribution is -2.31. The van der Waals surface area contributed by atoms with Crippen molar-refractivity contribution in [3.05, 3.63) is 65.9 Å². The number of rotatable bonds is 5. The van der Waals surface area contributed by atoms with Crippen LogP contribution in [0, 0.1) is 6.92 Å². The summed E-state index contributed by atoms with van der Waals surface area (Å²) in [6, 6.07) is 16.3. The molecular formula is C21H20N2O4. The molecule has 0 saturated carbocycles. The van der Waals surface area contributed by atoms with E-state index in [0.717, 1.165) is 16.6 Å². The van der Waals surface area contributed by atoms with Crippen LogP contribution in [0.25, 0.3) is 10.9 Å². The van der Waals surface area contributed by atoms with Crippen LogP contribution >= 0.6 is 0 Å². The molecule has 0 bridgehead atoms. The van der Waals surface area contributed by atoms with Crippen molar-refractivity contribution in [2.45, 2.75) is 6.92 Å². The summed E-state index contributed by atoms with van der Waals surface area (Å²) in [5, 5.41) is 0.793. The van der Waals surface area contributed by atoms with E-state index in [0.29, 0.717) is 17.0 Å². The number of fused-ring (bicyclic) bond motifs is 1. The number of methoxy groups -OCH3 is 1. The Balaban J connectivity index is 1.72. The quantitative estimate of drug-likeness (QED) is 0.649. The molecule has 1 heterocycles. The first-order valence-electron chi connectivity index (χ1n) is 8.43. The molecule has 27 heavy (non-hydrogen) atoms. The largest absolute Gasteiger partial charge is 0.497 e. The number of aromatic nitrogens is 1. The number of para-hydroxylation sites is 1. The van der Waals surface area contributed by atoms with Gasteiger partial charge in [-0.15, -0.1) is 0 Å². The Morgan fingerprint density at radius 1 is 1.07 bits per heavy atom. The van der Waals surface area contributed by atoms with E-state index in [1.165, 1.54) is 4.90 Å². The molecule has 138 valence electrons. The number of carbonyl (C=O) groups is 2. The summed E-state index contributed by atoms with van der Waals surface area (Å²) in [7, 11) is 3.23. The van der Waals surface area contributed by atoms with Gasteiger partial charge in [-0.3, -0.25) is 9.78 Å². The average Bonchev–Trinajstić information content (AvgIpc) is 2.70. The van der Waals surface area contributed by atoms with Crippen molar-refractivity contribution in [1.29, 1.82) is 0 Å². The van der Waals surface area contributed by atoms with Crippen molar-refractivity contribution < 1.29 is 19.1 Å². The summed E-state index contributed by atoms with van der Waals surface area (Å²) >= 11 is 0. The maximum atomic E-state index is 12.4. The molecule has 0 aliphatic heterocycles. The van der Waals surface area contributed by atoms with Gasteiger partial charge < -0.3 is 14.4 Å². The second kappa shape index (κ2) is 7.86. The van der Waals surface area contributed by atoms with Crippen LogP contribution in [0.5, 0.6) is 5.75 Å². The zero-order valence-electron chi connectivity index (χ0n) is 15.4. The zero-order valence-corrected chi connectivity index (χ0v) is 15.4. The molecule has 3 aromatic rings. The summed E-state index contributed by atoms with van der Waals surface area (Å²) < 4.78 is 10.4. The van der Waals surface area contributed by atoms with E-state index >= 15 is 0 Å². The van der Waals surface area contributed by atoms with Gasteiger partial charge in [-0.25, -0.2) is 4.79 Å². The molecule has 2 aromatic carbocycles. The highest BCUT2D eigenvalue weighted by molar-refractivity contribution is 5.98. The number of ether oxygens (including phenoxy) is 2. The number of hydrogen-bond acceptors (Lipinski definition) is 5. The third-order valence-corrected chi connectivity index (χ3v) is 4.28. The number of likely N-dealkylation sites (N-methyl/N-ethyl adjacent to an activating group) is 1. The molecule has 0 atom stereocenters. The third kappa shape index (κ3) is 4.06. The maximum Gasteiger partial charge on any atom is 0.340 e. The number of nitrogens with zero attached hydrogens (tertiary/aromatic N) is 2. The molecule has 3 rings (SSSR count). The molecule has 1 amide bonds. The van der Waals surface area contributed by atoms with Crippen LogP contribution in [0.4, 0.5) is 5.69 Å². The van der Waals surface area contributed by atoms with Gasteiger partial charge in [0.1, 0.15) is 5.75 Å². The fraction of sp³-hybridized carbons (Fsp3) is 0.190. The second-order valence-corrected chi connectivity index (χ2v) is 6.04. The Bertz CT molecular complexity index is 986. The number of esters is 1. The van der Waals surface area contributed by atoms with E-state index in [1.54, 1.807) is 39.3 Å². The number of hydrogen-bond donors (Lipinski definition) is 0. The first-order chi connectivity index (χ1) is 13.0. The predicted molar refractivity (Wildman–Crippen MR) is 103 cm³/mol. The van der Waals surface area contributed by atoms with Crippen molar-refractivity contribution in [3.8, 4) is 5.75 Å². The molecule has 6 heteroatoms. The van der Waals surface area contributed by atoms with Gasteiger partial charge in [0.25, 0.3) is 5.91 Å². The van der Waals surface area contributed by atoms with Crippen LogP contribution in [-0.4, -0.2) is 37.6 Å². The topological polar surface area (TPSA) is 68.7 Å². The standard InChI is InChI=1S/C21H20N2O4/c1-14-18(11-15-9-10-17(26-3)12-19(15)22-14)21(25)27-13-20(24)23(2)16-7-5-4-6-8-16/h4-12H,13H2,1-3H3. The molecule has 0 aliphatic carbocycles. The van der Waals surface area contributed by atoms with Gasteiger partial charge in [0.05, 0.1) is 23.9 Å². The second-order valence-electron chi connectivity index (χ2n) is 6.04. The van der Waals surface area contributed by atoms with Crippen LogP contribution in [0.15, 0.2) is 54.6 Å². The first kappa shape index (κ1) is 18.4. The minimum atomic E-state index is -0.576. The predicted octanol–water partition coefficient (Wildman–Crippen LogP) is 3.37. The third-order valence-electron chi connectivity index (χ3n) is 4.28. The normalized spacial score (nSPS) is 10.5. The van der Waals surface area contributed by atoms with Gasteiger partial charge in [0.2, 0.25) is 0 Å². The number of amides is 1. The molecule has 6 nitrogen and oxygen atoms in total. The highest BCUT2D eigenvalue weighted by Gasteiger charge is 2.17. The van der Waals surface area contributed by atoms with Crippen LogP contribution in [-0.2, 0) is 9.53 Å². The lowest BCUT2D eigenvalue weighted by Gasteiger charge is -2.17. The van der Waals surface area contributed by atoms with E-state index < -0.39 is 5.97 Å². The summed E-state index contributed by atoms with van der Waals surface area (Å²) in [6.07, 6.45) is 0. The van der Waals surface area contributed by atoms with Gasteiger partial charge in [0.15, 0.2) is 6.61 Å². The van der Waals surface area contributed by atoms with Gasteiger partial charge in [-0.2, -0.15) is 0 Å². The van der Waals surface area contributed by atoms with E-state index in [2.05, 4.69) is 4.98 Å². The fourth-order valence-corrected chi connectivity index (χ4v) is 2.67. The Morgan fingerprint density at radius 3 is 2.52 bits per heavy atom. The van der Waals surface area contributed by atoms with Crippen LogP contribution in [0.3, 0.4) is 0 Å². The van der Waals surface area contributed by atoms with Crippen molar-refractivity contribution in [1.82, 2.24) is 4.98 Å². The molecule has 0 fully saturated rings. The summed E-state index contributed by atoms with van der Waals surface area (Å²) in [6.45, 7) is 1.39. The average molecular weight is 364 g/mol. The fourth-order valence-electron chi connectivity index (χ4n) is 2.67. The first-order valence-corrected chi connectivity index (χ1v) is 8.43. The highest BCUT2D eigenvalue weighted by atomic mass is 16.5. The highest BCUT2D eigenvalue weighted by Crippen LogP contribution is 2.22. The molecule has 0 aliphatic rings. The summed E-state index contributed by atoms with van der Waals surface area (Å²) in [5.74, 6) is -0.197. The van der Waals surface area contributed by atoms with Crippen LogP contribution in [0.2, 0.25) is 0 Å². The summed E-state index contributed by atoms with van der Waals surface area (Å²) in [4.78, 5) is 30.6. The Kier molecular flexibility index (Phi) is 5.35. The van der Waals surface area contributed by atoms with E-state index in [1.807, 2.05) is 36.4 Å². The maximum absolute atomic E-state index is 12.4. The number of anilines is 1. The van der Waals surface area contributed by atoms with Gasteiger partial charge in [-0.05, 0) is 37.3 Å². The van der Waals surface area contributed by atoms with E-state index in [9.17, 15) is 9.59 Å². The van der Waals surface area contributed by atoms with Gasteiger partial charge in [0, 0.05) is 24.2 Å². The van der Waals surface area contributed by atoms with Crippen molar-refractivity contribution in [3.63, 3.8) is 0 Å². The van der Waals surface area contributed by atoms with Crippen molar-refractivity contribution >= 4 is 28.5 Å². The van der Waals surface area contributed by atoms with E-state index in [-0.39, 0.29) is 12.5 Å². The minimum Gasteiger partial charge on any atom is -0.497 e. The van der Waals surface area contributed by atoms with E-state index in [4.69, 9.17) is 9.47 Å². The number of carbonyl (C=O) groups excluding carboxylic acids is 2. The zero-order chi connectivity index (χ0) is 19.4. The molecular weight excluding hydrogens is 344 g/mol. The van der Waals surface area contributed by atoms with Crippen molar-refractivity contribution in [2.24, 2.45) is 0 Å². The molecule has 0 spiro atoms. The SMILES string of the molecule is COc1ccc2cc(C(=O)OCC(=O)N(C)c3ccccc3)c(C)nc2c1. The van der Waals surface area contributed by atoms with Gasteiger partial charge >= 0.3 is 5.97 Å². The Hall–Kier alpha value is -3.41. The minimum absolute atomic E-state index is 0.314. The lowest BCUT2D eigenvalue weighted by atomic mass is 10.1. The molecule has 0 saturated heterocycles. The van der Waals surface area contributed by atoms with Gasteiger partial charge in [-0.1, -0.05) is 18.2 Å². The Morgan fingerprint density at radius 2 is 1.81 bits per heavy atom. The molecule has 1 aromatic heterocycles. The number of pyridine rings is 1. The number of aryl methyl sites for hydroxylation is 1. The molecule has 0 unspecified atom stereocenters. The molecule has 0 radical (unpaired) electrons. The van der Waals surface area contributed by atoms with Crippen LogP contribution in [0.1, 0.15) is 16.1 Å². The summed E-state index contributed by atoms with van der Waals surface area (Å²) in [5.41, 5.74) is 2.33. The van der Waals surface area contributed by atoms with Crippen LogP contribution < -0.4 is 9.64 Å². The smallest absolute Gasteiger partial charge is 0.340 e. The Labute approximate surface area is 157 Å².